The molecular weight excluding hydrogens is 655 g/mol. The van der Waals surface area contributed by atoms with Crippen molar-refractivity contribution in [2.75, 3.05) is 26.2 Å². The van der Waals surface area contributed by atoms with E-state index in [1.807, 2.05) is 0 Å². The van der Waals surface area contributed by atoms with Crippen molar-refractivity contribution < 1.29 is 35.2 Å². The van der Waals surface area contributed by atoms with E-state index < -0.39 is 39.0 Å². The summed E-state index contributed by atoms with van der Waals surface area (Å²) >= 11 is 0. The number of H-pyrrole nitrogens is 1. The topological polar surface area (TPSA) is 113 Å². The summed E-state index contributed by atoms with van der Waals surface area (Å²) in [6.07, 6.45) is -1.37. The van der Waals surface area contributed by atoms with Crippen molar-refractivity contribution in [3.05, 3.63) is 89.8 Å². The normalized spacial score (nSPS) is 15.0. The van der Waals surface area contributed by atoms with E-state index in [1.54, 1.807) is 16.9 Å². The molecule has 6 rings (SSSR count). The standard InChI is InChI=1S/C33H31F5N6O3S/c1-20(45)32-31(25-17-23(34)7-10-28(25)40-32)29-19-44(42-41-29)18-21-11-14-43(15-12-21)16-13-39-48(46,47)24-8-5-22(6-9-24)30-26(33(36,37)38)3-2-4-27(30)35/h2-10,17,19,21,39-40H,11-16,18H2,1H3. The maximum atomic E-state index is 14.4. The summed E-state index contributed by atoms with van der Waals surface area (Å²) in [4.78, 5) is 17.3. The largest absolute Gasteiger partial charge is 0.417 e. The molecule has 2 aromatic heterocycles. The number of sulfonamides is 1. The first-order chi connectivity index (χ1) is 22.8. The van der Waals surface area contributed by atoms with Gasteiger partial charge in [0, 0.05) is 48.6 Å². The van der Waals surface area contributed by atoms with Gasteiger partial charge >= 0.3 is 6.18 Å². The number of hydrogen-bond donors (Lipinski definition) is 2. The molecule has 0 bridgehead atoms. The molecule has 48 heavy (non-hydrogen) atoms. The van der Waals surface area contributed by atoms with Crippen LogP contribution in [-0.4, -0.2) is 65.3 Å². The number of nitrogens with one attached hydrogen (secondary N) is 2. The van der Waals surface area contributed by atoms with Crippen molar-refractivity contribution in [3.63, 3.8) is 0 Å². The molecule has 5 aromatic rings. The summed E-state index contributed by atoms with van der Waals surface area (Å²) in [5.41, 5.74) is 0.0812. The summed E-state index contributed by atoms with van der Waals surface area (Å²) in [5.74, 6) is -1.40. The van der Waals surface area contributed by atoms with Crippen LogP contribution in [-0.2, 0) is 22.7 Å². The molecule has 15 heteroatoms. The number of carbonyl (C=O) groups is 1. The molecule has 9 nitrogen and oxygen atoms in total. The highest BCUT2D eigenvalue weighted by molar-refractivity contribution is 7.89. The van der Waals surface area contributed by atoms with Crippen molar-refractivity contribution >= 4 is 26.7 Å². The van der Waals surface area contributed by atoms with Crippen molar-refractivity contribution in [3.8, 4) is 22.4 Å². The number of alkyl halides is 3. The van der Waals surface area contributed by atoms with Gasteiger partial charge < -0.3 is 9.88 Å². The lowest BCUT2D eigenvalue weighted by Crippen LogP contribution is -2.40. The Labute approximate surface area is 272 Å². The van der Waals surface area contributed by atoms with E-state index in [1.165, 1.54) is 19.1 Å². The quantitative estimate of drug-likeness (QED) is 0.132. The third kappa shape index (κ3) is 7.03. The van der Waals surface area contributed by atoms with Crippen molar-refractivity contribution in [1.29, 1.82) is 0 Å². The van der Waals surface area contributed by atoms with Crippen LogP contribution in [0.25, 0.3) is 33.3 Å². The van der Waals surface area contributed by atoms with E-state index in [0.29, 0.717) is 40.9 Å². The fourth-order valence-electron chi connectivity index (χ4n) is 6.13. The lowest BCUT2D eigenvalue weighted by Gasteiger charge is -2.31. The molecular formula is C33H31F5N6O3S. The average molecular weight is 687 g/mol. The second-order valence-electron chi connectivity index (χ2n) is 11.8. The van der Waals surface area contributed by atoms with Gasteiger partial charge in [0.15, 0.2) is 5.78 Å². The molecule has 0 spiro atoms. The fraction of sp³-hybridized carbons (Fsp3) is 0.303. The van der Waals surface area contributed by atoms with Gasteiger partial charge in [0.25, 0.3) is 0 Å². The molecule has 1 aliphatic heterocycles. The Morgan fingerprint density at radius 3 is 2.44 bits per heavy atom. The number of fused-ring (bicyclic) bond motifs is 1. The van der Waals surface area contributed by atoms with Crippen molar-refractivity contribution in [1.82, 2.24) is 29.6 Å². The number of halogens is 5. The monoisotopic (exact) mass is 686 g/mol. The van der Waals surface area contributed by atoms with Gasteiger partial charge in [-0.3, -0.25) is 9.48 Å². The second-order valence-corrected chi connectivity index (χ2v) is 13.6. The van der Waals surface area contributed by atoms with E-state index in [2.05, 4.69) is 24.9 Å². The Bertz CT molecular complexity index is 2070. The Hall–Kier alpha value is -4.47. The molecule has 252 valence electrons. The highest BCUT2D eigenvalue weighted by Crippen LogP contribution is 2.39. The molecule has 0 unspecified atom stereocenters. The molecule has 0 amide bonds. The SMILES string of the molecule is CC(=O)c1[nH]c2ccc(F)cc2c1-c1cn(CC2CCN(CCNS(=O)(=O)c3ccc(-c4c(F)cccc4C(F)(F)F)cc3)CC2)nn1. The molecule has 0 saturated carbocycles. The average Bonchev–Trinajstić information content (AvgIpc) is 3.65. The van der Waals surface area contributed by atoms with Gasteiger partial charge in [0.2, 0.25) is 10.0 Å². The third-order valence-corrected chi connectivity index (χ3v) is 10.0. The minimum Gasteiger partial charge on any atom is -0.352 e. The van der Waals surface area contributed by atoms with Crippen LogP contribution in [0.3, 0.4) is 0 Å². The number of Topliss-reactive ketones (excluding diaryl/α,β-unsaturated/α-hetero) is 1. The number of ketones is 1. The number of rotatable bonds is 10. The van der Waals surface area contributed by atoms with Crippen LogP contribution < -0.4 is 4.72 Å². The summed E-state index contributed by atoms with van der Waals surface area (Å²) in [6.45, 7) is 4.04. The van der Waals surface area contributed by atoms with E-state index in [0.717, 1.165) is 68.4 Å². The molecule has 3 aromatic carbocycles. The number of aromatic amines is 1. The summed E-state index contributed by atoms with van der Waals surface area (Å²) in [6, 6.07) is 11.6. The molecule has 1 aliphatic rings. The fourth-order valence-corrected chi connectivity index (χ4v) is 7.15. The predicted octanol–water partition coefficient (Wildman–Crippen LogP) is 6.28. The zero-order chi connectivity index (χ0) is 34.2. The van der Waals surface area contributed by atoms with Gasteiger partial charge in [-0.05, 0) is 79.9 Å². The van der Waals surface area contributed by atoms with E-state index in [9.17, 15) is 35.2 Å². The van der Waals surface area contributed by atoms with Gasteiger partial charge in [-0.1, -0.05) is 23.4 Å². The highest BCUT2D eigenvalue weighted by Gasteiger charge is 2.35. The summed E-state index contributed by atoms with van der Waals surface area (Å²) < 4.78 is 98.6. The summed E-state index contributed by atoms with van der Waals surface area (Å²) in [7, 11) is -3.96. The van der Waals surface area contributed by atoms with Gasteiger partial charge in [0.1, 0.15) is 17.3 Å². The number of aromatic nitrogens is 4. The first-order valence-corrected chi connectivity index (χ1v) is 16.7. The van der Waals surface area contributed by atoms with Crippen molar-refractivity contribution in [2.45, 2.75) is 37.4 Å². The van der Waals surface area contributed by atoms with Crippen LogP contribution >= 0.6 is 0 Å². The molecule has 2 N–H and O–H groups in total. The number of piperidine rings is 1. The summed E-state index contributed by atoms with van der Waals surface area (Å²) in [5, 5.41) is 9.07. The maximum absolute atomic E-state index is 14.4. The van der Waals surface area contributed by atoms with Crippen LogP contribution in [0.4, 0.5) is 22.0 Å². The molecule has 1 saturated heterocycles. The van der Waals surface area contributed by atoms with Gasteiger partial charge in [-0.15, -0.1) is 5.10 Å². The minimum absolute atomic E-state index is 0.0847. The Morgan fingerprint density at radius 1 is 1.02 bits per heavy atom. The van der Waals surface area contributed by atoms with Crippen LogP contribution in [0.2, 0.25) is 0 Å². The smallest absolute Gasteiger partial charge is 0.352 e. The first kappa shape index (κ1) is 33.4. The van der Waals surface area contributed by atoms with Crippen LogP contribution in [0.15, 0.2) is 71.8 Å². The number of carbonyl (C=O) groups excluding carboxylic acids is 1. The first-order valence-electron chi connectivity index (χ1n) is 15.2. The molecule has 3 heterocycles. The molecule has 0 radical (unpaired) electrons. The zero-order valence-corrected chi connectivity index (χ0v) is 26.5. The Balaban J connectivity index is 1.02. The van der Waals surface area contributed by atoms with E-state index in [4.69, 9.17) is 0 Å². The van der Waals surface area contributed by atoms with Gasteiger partial charge in [-0.2, -0.15) is 13.2 Å². The van der Waals surface area contributed by atoms with Crippen LogP contribution in [0.1, 0.15) is 35.8 Å². The maximum Gasteiger partial charge on any atom is 0.417 e. The minimum atomic E-state index is -4.78. The lowest BCUT2D eigenvalue weighted by molar-refractivity contribution is -0.137. The number of likely N-dealkylation sites (tertiary alicyclic amines) is 1. The Kier molecular flexibility index (Phi) is 9.20. The van der Waals surface area contributed by atoms with E-state index >= 15 is 0 Å². The molecule has 1 fully saturated rings. The number of hydrogen-bond acceptors (Lipinski definition) is 6. The molecule has 0 aliphatic carbocycles. The van der Waals surface area contributed by atoms with Crippen molar-refractivity contribution in [2.24, 2.45) is 5.92 Å². The van der Waals surface area contributed by atoms with Crippen LogP contribution in [0.5, 0.6) is 0 Å². The van der Waals surface area contributed by atoms with Gasteiger partial charge in [0.05, 0.1) is 22.3 Å². The number of benzene rings is 3. The third-order valence-electron chi connectivity index (χ3n) is 8.55. The molecule has 0 atom stereocenters. The number of nitrogens with zero attached hydrogens (tertiary/aromatic N) is 4. The lowest BCUT2D eigenvalue weighted by atomic mass is 9.97. The van der Waals surface area contributed by atoms with Crippen LogP contribution in [0, 0.1) is 17.6 Å². The predicted molar refractivity (Wildman–Crippen MR) is 168 cm³/mol. The highest BCUT2D eigenvalue weighted by atomic mass is 32.2. The second kappa shape index (κ2) is 13.2. The Morgan fingerprint density at radius 2 is 1.75 bits per heavy atom. The van der Waals surface area contributed by atoms with Gasteiger partial charge in [-0.25, -0.2) is 21.9 Å². The van der Waals surface area contributed by atoms with E-state index in [-0.39, 0.29) is 28.7 Å². The zero-order valence-electron chi connectivity index (χ0n) is 25.7.